The Morgan fingerprint density at radius 3 is 1.16 bits per heavy atom. The van der Waals surface area contributed by atoms with Crippen molar-refractivity contribution in [2.75, 3.05) is 22.9 Å². The number of unbranched alkanes of at least 4 members (excludes halogenated alkanes) is 4. The van der Waals surface area contributed by atoms with E-state index in [-0.39, 0.29) is 11.8 Å². The van der Waals surface area contributed by atoms with Gasteiger partial charge < -0.3 is 9.80 Å². The molecule has 8 heteroatoms. The molecule has 2 aromatic carbocycles. The van der Waals surface area contributed by atoms with E-state index < -0.39 is 0 Å². The molecular weight excluding hydrogens is 957 g/mol. The molecule has 4 aromatic rings. The van der Waals surface area contributed by atoms with Crippen LogP contribution in [0.2, 0.25) is 0 Å². The summed E-state index contributed by atoms with van der Waals surface area (Å²) in [6, 6.07) is 17.9. The maximum absolute atomic E-state index is 15.3. The molecule has 0 spiro atoms. The normalized spacial score (nSPS) is 16.8. The molecule has 64 heavy (non-hydrogen) atoms. The number of carbonyl (C=O) groups is 2. The fraction of sp³-hybridized carbons (Fsp3) is 0.571. The smallest absolute Gasteiger partial charge is 0.259 e. The Hall–Kier alpha value is -2.52. The van der Waals surface area contributed by atoms with Crippen LogP contribution < -0.4 is 9.80 Å². The Kier molecular flexibility index (Phi) is 19.5. The van der Waals surface area contributed by atoms with E-state index in [1.54, 1.807) is 22.7 Å². The maximum Gasteiger partial charge on any atom is 0.259 e. The van der Waals surface area contributed by atoms with Crippen molar-refractivity contribution in [2.24, 2.45) is 23.7 Å². The van der Waals surface area contributed by atoms with Crippen molar-refractivity contribution in [2.45, 2.75) is 171 Å². The number of hydrogen-bond donors (Lipinski definition) is 0. The number of rotatable bonds is 26. The molecule has 0 N–H and O–H groups in total. The first kappa shape index (κ1) is 50.9. The molecule has 6 rings (SSSR count). The van der Waals surface area contributed by atoms with E-state index in [2.05, 4.69) is 136 Å². The Labute approximate surface area is 412 Å². The van der Waals surface area contributed by atoms with E-state index in [0.29, 0.717) is 47.9 Å². The minimum absolute atomic E-state index is 0.0320. The van der Waals surface area contributed by atoms with Crippen molar-refractivity contribution in [1.29, 1.82) is 0 Å². The highest BCUT2D eigenvalue weighted by Crippen LogP contribution is 2.50. The molecule has 0 saturated heterocycles. The van der Waals surface area contributed by atoms with Crippen LogP contribution in [0.3, 0.4) is 0 Å². The third kappa shape index (κ3) is 11.8. The minimum Gasteiger partial charge on any atom is -0.307 e. The summed E-state index contributed by atoms with van der Waals surface area (Å²) in [6.07, 6.45) is 20.8. The van der Waals surface area contributed by atoms with Crippen LogP contribution in [0.15, 0.2) is 56.1 Å². The van der Waals surface area contributed by atoms with E-state index in [4.69, 9.17) is 0 Å². The molecule has 348 valence electrons. The van der Waals surface area contributed by atoms with Gasteiger partial charge in [0.25, 0.3) is 11.8 Å². The highest BCUT2D eigenvalue weighted by atomic mass is 79.9. The fourth-order valence-corrected chi connectivity index (χ4v) is 13.5. The minimum atomic E-state index is -0.0320. The van der Waals surface area contributed by atoms with E-state index in [0.717, 1.165) is 97.8 Å². The van der Waals surface area contributed by atoms with Crippen LogP contribution in [-0.2, 0) is 22.4 Å². The van der Waals surface area contributed by atoms with E-state index in [1.165, 1.54) is 79.8 Å². The number of carbonyl (C=O) groups excluding carboxylic acids is 2. The second-order valence-electron chi connectivity index (χ2n) is 18.9. The highest BCUT2D eigenvalue weighted by Gasteiger charge is 2.43. The number of halogens is 2. The second kappa shape index (κ2) is 24.5. The van der Waals surface area contributed by atoms with E-state index in [9.17, 15) is 0 Å². The summed E-state index contributed by atoms with van der Waals surface area (Å²) < 4.78 is 2.42. The largest absolute Gasteiger partial charge is 0.307 e. The average molecular weight is 1030 g/mol. The van der Waals surface area contributed by atoms with Crippen molar-refractivity contribution in [3.63, 3.8) is 0 Å². The van der Waals surface area contributed by atoms with Crippen molar-refractivity contribution in [3.8, 4) is 20.9 Å². The molecule has 0 fully saturated rings. The van der Waals surface area contributed by atoms with Crippen LogP contribution in [0.1, 0.15) is 180 Å². The fourth-order valence-electron chi connectivity index (χ4n) is 10.0. The summed E-state index contributed by atoms with van der Waals surface area (Å²) in [5.41, 5.74) is 9.83. The highest BCUT2D eigenvalue weighted by molar-refractivity contribution is 9.11. The summed E-state index contributed by atoms with van der Waals surface area (Å²) in [7, 11) is 0. The Bertz CT molecular complexity index is 2060. The predicted molar refractivity (Wildman–Crippen MR) is 287 cm³/mol. The van der Waals surface area contributed by atoms with Crippen molar-refractivity contribution in [3.05, 3.63) is 78.4 Å². The summed E-state index contributed by atoms with van der Waals surface area (Å²) in [5, 5.41) is 0. The topological polar surface area (TPSA) is 40.6 Å². The molecule has 2 aromatic heterocycles. The first-order valence-electron chi connectivity index (χ1n) is 25.3. The van der Waals surface area contributed by atoms with Gasteiger partial charge in [0.1, 0.15) is 0 Å². The van der Waals surface area contributed by atoms with Crippen LogP contribution in [0.5, 0.6) is 0 Å². The van der Waals surface area contributed by atoms with Crippen LogP contribution in [0.4, 0.5) is 11.4 Å². The van der Waals surface area contributed by atoms with Gasteiger partial charge in [0.15, 0.2) is 0 Å². The molecule has 2 aliphatic rings. The monoisotopic (exact) mass is 1030 g/mol. The molecule has 4 nitrogen and oxygen atoms in total. The number of amides is 2. The lowest BCUT2D eigenvalue weighted by Crippen LogP contribution is -2.34. The number of hydrogen-bond acceptors (Lipinski definition) is 4. The SMILES string of the molecule is CCCCC(CC)Cc1cc(-c2ccc3c(c2)N(CC(CC)CCCC)C(=O)/C3=C2\C(=O)N(CC(CC)CCCC)c3cc(-c4cc(CC(CC)CCCC)c(Br)s4)ccc32)sc1Br. The second-order valence-corrected chi connectivity index (χ2v) is 23.7. The van der Waals surface area contributed by atoms with Gasteiger partial charge in [-0.3, -0.25) is 9.59 Å². The Morgan fingerprint density at radius 1 is 0.484 bits per heavy atom. The van der Waals surface area contributed by atoms with Crippen molar-refractivity contribution < 1.29 is 9.59 Å². The van der Waals surface area contributed by atoms with Gasteiger partial charge in [-0.25, -0.2) is 0 Å². The molecule has 2 amide bonds. The van der Waals surface area contributed by atoms with Gasteiger partial charge in [0, 0.05) is 34.0 Å². The molecule has 0 bridgehead atoms. The van der Waals surface area contributed by atoms with Gasteiger partial charge in [-0.2, -0.15) is 0 Å². The first-order valence-corrected chi connectivity index (χ1v) is 28.5. The molecule has 2 aliphatic heterocycles. The zero-order chi connectivity index (χ0) is 45.9. The number of nitrogens with zero attached hydrogens (tertiary/aromatic N) is 2. The van der Waals surface area contributed by atoms with Crippen LogP contribution in [-0.4, -0.2) is 24.9 Å². The lowest BCUT2D eigenvalue weighted by atomic mass is 9.92. The van der Waals surface area contributed by atoms with Gasteiger partial charge in [0.05, 0.1) is 30.1 Å². The van der Waals surface area contributed by atoms with Crippen molar-refractivity contribution >= 4 is 88.9 Å². The number of thiophene rings is 2. The van der Waals surface area contributed by atoms with E-state index >= 15 is 9.59 Å². The summed E-state index contributed by atoms with van der Waals surface area (Å²) in [4.78, 5) is 37.1. The van der Waals surface area contributed by atoms with Crippen LogP contribution in [0, 0.1) is 23.7 Å². The van der Waals surface area contributed by atoms with Gasteiger partial charge in [0.2, 0.25) is 0 Å². The number of anilines is 2. The third-order valence-corrected chi connectivity index (χ3v) is 18.5. The average Bonchev–Trinajstić information content (AvgIpc) is 4.02. The number of fused-ring (bicyclic) bond motifs is 2. The van der Waals surface area contributed by atoms with Gasteiger partial charge in [-0.15, -0.1) is 22.7 Å². The van der Waals surface area contributed by atoms with Gasteiger partial charge in [-0.1, -0.05) is 170 Å². The standard InChI is InChI=1S/C56H76Br2N2O2S2/c1-9-17-21-37(13-5)29-43-33-49(63-53(43)57)41-25-27-45-47(31-41)59(35-39(15-7)23-19-11-3)55(61)51(45)52-46-28-26-42(32-48(46)60(56(52)62)36-40(16-8)24-20-12-4)50-34-44(54(58)64-50)30-38(14-6)22-18-10-2/h25-28,31-34,37-40H,9-24,29-30,35-36H2,1-8H3/b52-51-. The predicted octanol–water partition coefficient (Wildman–Crippen LogP) is 18.2. The quantitative estimate of drug-likeness (QED) is 0.0588. The van der Waals surface area contributed by atoms with Crippen LogP contribution in [0.25, 0.3) is 32.0 Å². The van der Waals surface area contributed by atoms with Crippen molar-refractivity contribution in [1.82, 2.24) is 0 Å². The maximum atomic E-state index is 15.3. The molecule has 4 heterocycles. The van der Waals surface area contributed by atoms with Gasteiger partial charge in [-0.05, 0) is 128 Å². The first-order chi connectivity index (χ1) is 31.0. The Balaban J connectivity index is 1.46. The zero-order valence-corrected chi connectivity index (χ0v) is 45.2. The molecule has 0 saturated carbocycles. The Morgan fingerprint density at radius 2 is 0.828 bits per heavy atom. The molecule has 0 aliphatic carbocycles. The van der Waals surface area contributed by atoms with E-state index in [1.807, 2.05) is 9.80 Å². The molecular formula is C56H76Br2N2O2S2. The molecule has 4 unspecified atom stereocenters. The third-order valence-electron chi connectivity index (χ3n) is 14.4. The lowest BCUT2D eigenvalue weighted by Gasteiger charge is -2.24. The van der Waals surface area contributed by atoms with Crippen LogP contribution >= 0.6 is 54.5 Å². The summed E-state index contributed by atoms with van der Waals surface area (Å²) >= 11 is 11.5. The lowest BCUT2D eigenvalue weighted by molar-refractivity contribution is -0.114. The molecule has 4 atom stereocenters. The summed E-state index contributed by atoms with van der Waals surface area (Å²) in [6.45, 7) is 19.5. The zero-order valence-electron chi connectivity index (χ0n) is 40.4. The summed E-state index contributed by atoms with van der Waals surface area (Å²) in [5.74, 6) is 2.05. The number of benzene rings is 2. The van der Waals surface area contributed by atoms with Gasteiger partial charge >= 0.3 is 0 Å². The molecule has 0 radical (unpaired) electrons.